The predicted octanol–water partition coefficient (Wildman–Crippen LogP) is 2.29. The van der Waals surface area contributed by atoms with Crippen molar-refractivity contribution in [1.82, 2.24) is 5.32 Å². The lowest BCUT2D eigenvalue weighted by atomic mass is 9.85. The zero-order valence-corrected chi connectivity index (χ0v) is 10.6. The summed E-state index contributed by atoms with van der Waals surface area (Å²) in [7, 11) is 0. The molecule has 0 unspecified atom stereocenters. The van der Waals surface area contributed by atoms with Gasteiger partial charge in [0.15, 0.2) is 0 Å². The van der Waals surface area contributed by atoms with Crippen LogP contribution in [-0.4, -0.2) is 18.6 Å². The number of rotatable bonds is 1. The summed E-state index contributed by atoms with van der Waals surface area (Å²) in [5.41, 5.74) is 1.04. The van der Waals surface area contributed by atoms with Crippen LogP contribution in [0.15, 0.2) is 30.3 Å². The maximum atomic E-state index is 11.8. The second-order valence-corrected chi connectivity index (χ2v) is 5.56. The van der Waals surface area contributed by atoms with Crippen LogP contribution in [0.4, 0.5) is 0 Å². The smallest absolute Gasteiger partial charge is 0.327 e. The Hall–Kier alpha value is -1.35. The van der Waals surface area contributed by atoms with Crippen molar-refractivity contribution in [3.63, 3.8) is 0 Å². The van der Waals surface area contributed by atoms with Crippen molar-refractivity contribution >= 4 is 5.97 Å². The number of morpholine rings is 1. The van der Waals surface area contributed by atoms with Crippen LogP contribution in [0.3, 0.4) is 0 Å². The Labute approximate surface area is 102 Å². The molecule has 0 radical (unpaired) electrons. The third-order valence-corrected chi connectivity index (χ3v) is 3.17. The first kappa shape index (κ1) is 12.1. The molecule has 92 valence electrons. The van der Waals surface area contributed by atoms with Crippen molar-refractivity contribution in [1.29, 1.82) is 0 Å². The second kappa shape index (κ2) is 4.49. The van der Waals surface area contributed by atoms with Gasteiger partial charge in [-0.15, -0.1) is 0 Å². The highest BCUT2D eigenvalue weighted by molar-refractivity contribution is 5.78. The fourth-order valence-corrected chi connectivity index (χ4v) is 1.94. The Bertz CT molecular complexity index is 394. The summed E-state index contributed by atoms with van der Waals surface area (Å²) >= 11 is 0. The largest absolute Gasteiger partial charge is 0.463 e. The zero-order valence-electron chi connectivity index (χ0n) is 10.6. The van der Waals surface area contributed by atoms with Crippen LogP contribution in [0.2, 0.25) is 0 Å². The molecule has 1 aromatic carbocycles. The van der Waals surface area contributed by atoms with E-state index in [0.29, 0.717) is 6.61 Å². The molecule has 2 atom stereocenters. The molecule has 1 aliphatic heterocycles. The minimum atomic E-state index is -0.339. The standard InChI is InChI=1S/C14H19NO2/c1-14(2,3)11-9-17-13(16)12(15-11)10-7-5-4-6-8-10/h4-8,11-12,15H,9H2,1-3H3/t11-,12+/m0/s1. The van der Waals surface area contributed by atoms with Crippen LogP contribution in [0.25, 0.3) is 0 Å². The Morgan fingerprint density at radius 1 is 1.24 bits per heavy atom. The van der Waals surface area contributed by atoms with E-state index in [1.807, 2.05) is 30.3 Å². The first-order valence-electron chi connectivity index (χ1n) is 5.96. The van der Waals surface area contributed by atoms with Crippen molar-refractivity contribution in [2.24, 2.45) is 5.41 Å². The third-order valence-electron chi connectivity index (χ3n) is 3.17. The number of carbonyl (C=O) groups excluding carboxylic acids is 1. The maximum absolute atomic E-state index is 11.8. The SMILES string of the molecule is CC(C)(C)[C@@H]1COC(=O)[C@@H](c2ccccc2)N1. The molecule has 0 bridgehead atoms. The van der Waals surface area contributed by atoms with Crippen molar-refractivity contribution in [3.8, 4) is 0 Å². The lowest BCUT2D eigenvalue weighted by Gasteiger charge is -2.37. The summed E-state index contributed by atoms with van der Waals surface area (Å²) in [5.74, 6) is -0.184. The number of cyclic esters (lactones) is 1. The fourth-order valence-electron chi connectivity index (χ4n) is 1.94. The molecule has 1 aromatic rings. The molecule has 1 fully saturated rings. The molecule has 1 N–H and O–H groups in total. The minimum absolute atomic E-state index is 0.0771. The highest BCUT2D eigenvalue weighted by Crippen LogP contribution is 2.27. The van der Waals surface area contributed by atoms with Gasteiger partial charge in [0.25, 0.3) is 0 Å². The average molecular weight is 233 g/mol. The number of hydrogen-bond acceptors (Lipinski definition) is 3. The number of carbonyl (C=O) groups is 1. The van der Waals surface area contributed by atoms with Gasteiger partial charge in [-0.1, -0.05) is 51.1 Å². The number of ether oxygens (including phenoxy) is 1. The molecule has 1 aliphatic rings. The Morgan fingerprint density at radius 2 is 1.88 bits per heavy atom. The van der Waals surface area contributed by atoms with Crippen LogP contribution < -0.4 is 5.32 Å². The first-order chi connectivity index (χ1) is 7.98. The fraction of sp³-hybridized carbons (Fsp3) is 0.500. The number of hydrogen-bond donors (Lipinski definition) is 1. The minimum Gasteiger partial charge on any atom is -0.463 e. The van der Waals surface area contributed by atoms with Crippen molar-refractivity contribution in [3.05, 3.63) is 35.9 Å². The van der Waals surface area contributed by atoms with Gasteiger partial charge in [0, 0.05) is 6.04 Å². The topological polar surface area (TPSA) is 38.3 Å². The van der Waals surface area contributed by atoms with E-state index in [2.05, 4.69) is 26.1 Å². The summed E-state index contributed by atoms with van der Waals surface area (Å²) in [4.78, 5) is 11.8. The normalized spacial score (nSPS) is 25.5. The number of nitrogens with one attached hydrogen (secondary N) is 1. The highest BCUT2D eigenvalue weighted by Gasteiger charge is 2.36. The zero-order chi connectivity index (χ0) is 12.5. The summed E-state index contributed by atoms with van der Waals surface area (Å²) in [6.07, 6.45) is 0. The predicted molar refractivity (Wildman–Crippen MR) is 66.5 cm³/mol. The molecule has 0 aromatic heterocycles. The van der Waals surface area contributed by atoms with E-state index in [9.17, 15) is 4.79 Å². The third kappa shape index (κ3) is 2.67. The van der Waals surface area contributed by atoms with Crippen molar-refractivity contribution in [2.75, 3.05) is 6.61 Å². The van der Waals surface area contributed by atoms with Crippen LogP contribution in [-0.2, 0) is 9.53 Å². The van der Waals surface area contributed by atoms with Crippen LogP contribution in [0.5, 0.6) is 0 Å². The monoisotopic (exact) mass is 233 g/mol. The van der Waals surface area contributed by atoms with Gasteiger partial charge < -0.3 is 4.74 Å². The summed E-state index contributed by atoms with van der Waals surface area (Å²) in [5, 5.41) is 3.38. The van der Waals surface area contributed by atoms with Gasteiger partial charge in [0.1, 0.15) is 12.6 Å². The maximum Gasteiger partial charge on any atom is 0.327 e. The molecule has 0 aliphatic carbocycles. The Morgan fingerprint density at radius 3 is 2.47 bits per heavy atom. The lowest BCUT2D eigenvalue weighted by molar-refractivity contribution is -0.153. The van der Waals surface area contributed by atoms with Crippen molar-refractivity contribution in [2.45, 2.75) is 32.9 Å². The van der Waals surface area contributed by atoms with Crippen molar-refractivity contribution < 1.29 is 9.53 Å². The summed E-state index contributed by atoms with van der Waals surface area (Å²) in [6, 6.07) is 9.56. The Balaban J connectivity index is 2.19. The Kier molecular flexibility index (Phi) is 3.20. The van der Waals surface area contributed by atoms with E-state index in [1.54, 1.807) is 0 Å². The summed E-state index contributed by atoms with van der Waals surface area (Å²) in [6.45, 7) is 6.88. The van der Waals surface area contributed by atoms with E-state index < -0.39 is 0 Å². The lowest BCUT2D eigenvalue weighted by Crippen LogP contribution is -2.52. The average Bonchev–Trinajstić information content (AvgIpc) is 2.29. The molecule has 3 nitrogen and oxygen atoms in total. The van der Waals surface area contributed by atoms with Gasteiger partial charge >= 0.3 is 5.97 Å². The van der Waals surface area contributed by atoms with E-state index in [4.69, 9.17) is 4.74 Å². The molecule has 3 heteroatoms. The molecule has 0 saturated carbocycles. The van der Waals surface area contributed by atoms with E-state index in [-0.39, 0.29) is 23.5 Å². The van der Waals surface area contributed by atoms with Gasteiger partial charge in [-0.2, -0.15) is 0 Å². The molecule has 17 heavy (non-hydrogen) atoms. The number of esters is 1. The van der Waals surface area contributed by atoms with Gasteiger partial charge in [0.05, 0.1) is 0 Å². The highest BCUT2D eigenvalue weighted by atomic mass is 16.5. The van der Waals surface area contributed by atoms with Crippen LogP contribution in [0, 0.1) is 5.41 Å². The molecule has 2 rings (SSSR count). The van der Waals surface area contributed by atoms with Crippen LogP contribution in [0.1, 0.15) is 32.4 Å². The molecule has 1 heterocycles. The quantitative estimate of drug-likeness (QED) is 0.756. The molecular formula is C14H19NO2. The molecule has 1 saturated heterocycles. The first-order valence-corrected chi connectivity index (χ1v) is 5.96. The van der Waals surface area contributed by atoms with E-state index in [0.717, 1.165) is 5.56 Å². The van der Waals surface area contributed by atoms with Gasteiger partial charge in [-0.25, -0.2) is 4.79 Å². The van der Waals surface area contributed by atoms with E-state index >= 15 is 0 Å². The van der Waals surface area contributed by atoms with Crippen LogP contribution >= 0.6 is 0 Å². The van der Waals surface area contributed by atoms with Gasteiger partial charge in [0.2, 0.25) is 0 Å². The second-order valence-electron chi connectivity index (χ2n) is 5.56. The molecule has 0 spiro atoms. The molecular weight excluding hydrogens is 214 g/mol. The van der Waals surface area contributed by atoms with Gasteiger partial charge in [-0.3, -0.25) is 5.32 Å². The summed E-state index contributed by atoms with van der Waals surface area (Å²) < 4.78 is 5.28. The van der Waals surface area contributed by atoms with E-state index in [1.165, 1.54) is 0 Å². The molecule has 0 amide bonds. The van der Waals surface area contributed by atoms with Gasteiger partial charge in [-0.05, 0) is 11.0 Å². The number of benzene rings is 1.